The van der Waals surface area contributed by atoms with Crippen molar-refractivity contribution < 1.29 is 19.1 Å². The van der Waals surface area contributed by atoms with E-state index in [4.69, 9.17) is 9.47 Å². The lowest BCUT2D eigenvalue weighted by Crippen LogP contribution is -2.34. The first-order valence-corrected chi connectivity index (χ1v) is 10.2. The largest absolute Gasteiger partial charge is 0.461 e. The number of amides is 1. The topological polar surface area (TPSA) is 55.8 Å². The van der Waals surface area contributed by atoms with Gasteiger partial charge in [-0.2, -0.15) is 0 Å². The third-order valence-electron chi connectivity index (χ3n) is 4.04. The number of carbonyl (C=O) groups is 2. The van der Waals surface area contributed by atoms with Crippen molar-refractivity contribution in [1.29, 1.82) is 0 Å². The van der Waals surface area contributed by atoms with Gasteiger partial charge in [0.25, 0.3) is 0 Å². The van der Waals surface area contributed by atoms with Crippen LogP contribution in [0.4, 0.5) is 4.79 Å². The smallest absolute Gasteiger partial charge is 0.415 e. The van der Waals surface area contributed by atoms with E-state index in [0.717, 1.165) is 11.1 Å². The molecule has 0 heterocycles. The third kappa shape index (κ3) is 8.39. The zero-order valence-electron chi connectivity index (χ0n) is 18.6. The Kier molecular flexibility index (Phi) is 8.90. The first kappa shape index (κ1) is 23.8. The van der Waals surface area contributed by atoms with Gasteiger partial charge in [-0.05, 0) is 38.8 Å². The van der Waals surface area contributed by atoms with Gasteiger partial charge in [0.1, 0.15) is 12.3 Å². The van der Waals surface area contributed by atoms with Crippen LogP contribution in [0.15, 0.2) is 72.4 Å². The van der Waals surface area contributed by atoms with Crippen LogP contribution in [0.5, 0.6) is 0 Å². The van der Waals surface area contributed by atoms with Crippen molar-refractivity contribution in [2.24, 2.45) is 5.41 Å². The summed E-state index contributed by atoms with van der Waals surface area (Å²) >= 11 is 0. The summed E-state index contributed by atoms with van der Waals surface area (Å²) in [6.45, 7) is 8.03. The predicted octanol–water partition coefficient (Wildman–Crippen LogP) is 5.32. The molecule has 2 aromatic carbocycles. The number of esters is 1. The van der Waals surface area contributed by atoms with Gasteiger partial charge in [-0.3, -0.25) is 4.90 Å². The van der Waals surface area contributed by atoms with Gasteiger partial charge in [-0.15, -0.1) is 0 Å². The van der Waals surface area contributed by atoms with Crippen LogP contribution < -0.4 is 0 Å². The first-order valence-electron chi connectivity index (χ1n) is 10.2. The zero-order chi connectivity index (χ0) is 22.7. The van der Waals surface area contributed by atoms with Gasteiger partial charge in [0.05, 0.1) is 13.2 Å². The third-order valence-corrected chi connectivity index (χ3v) is 4.04. The Morgan fingerprint density at radius 3 is 2.06 bits per heavy atom. The quantitative estimate of drug-likeness (QED) is 0.346. The molecule has 0 bridgehead atoms. The molecule has 0 aliphatic rings. The Bertz CT molecular complexity index is 948. The monoisotopic (exact) mass is 419 g/mol. The van der Waals surface area contributed by atoms with Crippen LogP contribution in [0.25, 0.3) is 0 Å². The van der Waals surface area contributed by atoms with E-state index in [2.05, 4.69) is 11.8 Å². The molecule has 0 radical (unpaired) electrons. The Balaban J connectivity index is 2.36. The molecule has 0 aliphatic carbocycles. The number of benzene rings is 2. The molecule has 5 nitrogen and oxygen atoms in total. The van der Waals surface area contributed by atoms with Crippen LogP contribution in [-0.2, 0) is 27.4 Å². The number of rotatable bonds is 7. The summed E-state index contributed by atoms with van der Waals surface area (Å²) in [5.41, 5.74) is 1.48. The molecule has 2 aromatic rings. The van der Waals surface area contributed by atoms with Gasteiger partial charge >= 0.3 is 12.1 Å². The summed E-state index contributed by atoms with van der Waals surface area (Å²) in [5.74, 6) is 5.32. The number of hydrogen-bond acceptors (Lipinski definition) is 4. The van der Waals surface area contributed by atoms with Gasteiger partial charge in [0.2, 0.25) is 0 Å². The van der Waals surface area contributed by atoms with Crippen LogP contribution >= 0.6 is 0 Å². The van der Waals surface area contributed by atoms with Crippen molar-refractivity contribution >= 4 is 12.1 Å². The molecule has 0 atom stereocenters. The van der Waals surface area contributed by atoms with Crippen molar-refractivity contribution in [3.8, 4) is 11.8 Å². The van der Waals surface area contributed by atoms with Crippen molar-refractivity contribution in [3.63, 3.8) is 0 Å². The van der Waals surface area contributed by atoms with Crippen LogP contribution in [0.3, 0.4) is 0 Å². The molecule has 2 rings (SSSR count). The molecule has 0 aliphatic heterocycles. The standard InChI is InChI=1S/C26H29NO4/c1-5-30-24(28)23(17-12-18-26(2,3)4)27(19-21-13-8-6-9-14-21)25(29)31-20-22-15-10-7-11-16-22/h6-11,13-17H,5,19-20H2,1-4H3/b23-17+. The summed E-state index contributed by atoms with van der Waals surface area (Å²) in [6.07, 6.45) is 0.778. The fourth-order valence-corrected chi connectivity index (χ4v) is 2.58. The molecule has 162 valence electrons. The highest BCUT2D eigenvalue weighted by molar-refractivity contribution is 5.92. The highest BCUT2D eigenvalue weighted by Gasteiger charge is 2.26. The van der Waals surface area contributed by atoms with Gasteiger partial charge in [-0.1, -0.05) is 72.5 Å². The molecule has 1 amide bonds. The van der Waals surface area contributed by atoms with Gasteiger partial charge in [0, 0.05) is 11.5 Å². The second kappa shape index (κ2) is 11.6. The number of nitrogens with zero attached hydrogens (tertiary/aromatic N) is 1. The molecule has 0 spiro atoms. The fourth-order valence-electron chi connectivity index (χ4n) is 2.58. The number of hydrogen-bond donors (Lipinski definition) is 0. The average Bonchev–Trinajstić information content (AvgIpc) is 2.74. The summed E-state index contributed by atoms with van der Waals surface area (Å²) < 4.78 is 10.7. The van der Waals surface area contributed by atoms with E-state index in [1.54, 1.807) is 6.92 Å². The summed E-state index contributed by atoms with van der Waals surface area (Å²) in [4.78, 5) is 27.0. The zero-order valence-corrected chi connectivity index (χ0v) is 18.6. The maximum atomic E-state index is 13.0. The van der Waals surface area contributed by atoms with E-state index in [1.165, 1.54) is 11.0 Å². The highest BCUT2D eigenvalue weighted by atomic mass is 16.6. The maximum Gasteiger partial charge on any atom is 0.415 e. The van der Waals surface area contributed by atoms with E-state index in [0.29, 0.717) is 0 Å². The van der Waals surface area contributed by atoms with Crippen LogP contribution in [-0.4, -0.2) is 23.6 Å². The minimum absolute atomic E-state index is 0.0421. The van der Waals surface area contributed by atoms with E-state index in [9.17, 15) is 9.59 Å². The number of allylic oxidation sites excluding steroid dienone is 1. The van der Waals surface area contributed by atoms with Gasteiger partial charge < -0.3 is 9.47 Å². The van der Waals surface area contributed by atoms with E-state index >= 15 is 0 Å². The lowest BCUT2D eigenvalue weighted by atomic mass is 9.98. The Morgan fingerprint density at radius 1 is 0.935 bits per heavy atom. The average molecular weight is 420 g/mol. The molecule has 0 saturated heterocycles. The second-order valence-electron chi connectivity index (χ2n) is 7.88. The van der Waals surface area contributed by atoms with Crippen molar-refractivity contribution in [2.45, 2.75) is 40.8 Å². The summed E-state index contributed by atoms with van der Waals surface area (Å²) in [7, 11) is 0. The molecule has 0 aromatic heterocycles. The number of ether oxygens (including phenoxy) is 2. The Morgan fingerprint density at radius 2 is 1.52 bits per heavy atom. The van der Waals surface area contributed by atoms with Gasteiger partial charge in [0.15, 0.2) is 0 Å². The van der Waals surface area contributed by atoms with E-state index in [-0.39, 0.29) is 30.9 Å². The summed E-state index contributed by atoms with van der Waals surface area (Å²) in [6, 6.07) is 18.8. The van der Waals surface area contributed by atoms with Gasteiger partial charge in [-0.25, -0.2) is 9.59 Å². The molecule has 0 fully saturated rings. The van der Waals surface area contributed by atoms with Crippen LogP contribution in [0.1, 0.15) is 38.8 Å². The lowest BCUT2D eigenvalue weighted by molar-refractivity contribution is -0.140. The predicted molar refractivity (Wildman–Crippen MR) is 121 cm³/mol. The first-order chi connectivity index (χ1) is 14.8. The second-order valence-corrected chi connectivity index (χ2v) is 7.88. The molecule has 0 unspecified atom stereocenters. The van der Waals surface area contributed by atoms with Crippen molar-refractivity contribution in [2.75, 3.05) is 6.61 Å². The maximum absolute atomic E-state index is 13.0. The van der Waals surface area contributed by atoms with Crippen LogP contribution in [0, 0.1) is 17.3 Å². The minimum Gasteiger partial charge on any atom is -0.461 e. The van der Waals surface area contributed by atoms with E-state index < -0.39 is 12.1 Å². The Hall–Kier alpha value is -3.52. The minimum atomic E-state index is -0.649. The Labute approximate surface area is 184 Å². The molecular weight excluding hydrogens is 390 g/mol. The summed E-state index contributed by atoms with van der Waals surface area (Å²) in [5, 5.41) is 0. The fraction of sp³-hybridized carbons (Fsp3) is 0.308. The lowest BCUT2D eigenvalue weighted by Gasteiger charge is -2.23. The van der Waals surface area contributed by atoms with Crippen molar-refractivity contribution in [3.05, 3.63) is 83.6 Å². The highest BCUT2D eigenvalue weighted by Crippen LogP contribution is 2.17. The molecule has 5 heteroatoms. The molecular formula is C26H29NO4. The molecule has 0 saturated carbocycles. The van der Waals surface area contributed by atoms with Crippen LogP contribution in [0.2, 0.25) is 0 Å². The SMILES string of the molecule is CCOC(=O)/C(=C\C#CC(C)(C)C)N(Cc1ccccc1)C(=O)OCc1ccccc1. The number of carbonyl (C=O) groups excluding carboxylic acids is 2. The molecule has 31 heavy (non-hydrogen) atoms. The molecule has 0 N–H and O–H groups in total. The van der Waals surface area contributed by atoms with E-state index in [1.807, 2.05) is 81.4 Å². The normalized spacial score (nSPS) is 11.2. The van der Waals surface area contributed by atoms with Crippen molar-refractivity contribution in [1.82, 2.24) is 4.90 Å².